The Morgan fingerprint density at radius 3 is 2.52 bits per heavy atom. The van der Waals surface area contributed by atoms with Crippen LogP contribution < -0.4 is 0 Å². The summed E-state index contributed by atoms with van der Waals surface area (Å²) in [6, 6.07) is 17.9. The van der Waals surface area contributed by atoms with Crippen molar-refractivity contribution >= 4 is 16.8 Å². The summed E-state index contributed by atoms with van der Waals surface area (Å²) in [7, 11) is 1.91. The molecule has 1 aliphatic rings. The van der Waals surface area contributed by atoms with Crippen molar-refractivity contribution in [3.05, 3.63) is 71.9 Å². The van der Waals surface area contributed by atoms with E-state index in [4.69, 9.17) is 0 Å². The number of H-pyrrole nitrogens is 1. The molecule has 0 aliphatic heterocycles. The molecule has 1 aliphatic carbocycles. The number of hydrogen-bond acceptors (Lipinski definition) is 1. The zero-order valence-corrected chi connectivity index (χ0v) is 13.3. The SMILES string of the molecule is CN(CC1(c2c[nH]c3ccccc23)CC1)C(=O)c1ccccc1. The molecule has 116 valence electrons. The quantitative estimate of drug-likeness (QED) is 0.778. The van der Waals surface area contributed by atoms with Gasteiger partial charge >= 0.3 is 0 Å². The van der Waals surface area contributed by atoms with E-state index in [0.29, 0.717) is 0 Å². The highest BCUT2D eigenvalue weighted by molar-refractivity contribution is 5.94. The molecule has 23 heavy (non-hydrogen) atoms. The van der Waals surface area contributed by atoms with Gasteiger partial charge in [-0.25, -0.2) is 0 Å². The van der Waals surface area contributed by atoms with Crippen LogP contribution >= 0.6 is 0 Å². The monoisotopic (exact) mass is 304 g/mol. The van der Waals surface area contributed by atoms with Crippen molar-refractivity contribution in [1.29, 1.82) is 0 Å². The van der Waals surface area contributed by atoms with Crippen molar-refractivity contribution < 1.29 is 4.79 Å². The van der Waals surface area contributed by atoms with Gasteiger partial charge in [0.1, 0.15) is 0 Å². The number of amides is 1. The molecule has 1 saturated carbocycles. The van der Waals surface area contributed by atoms with E-state index in [1.54, 1.807) is 0 Å². The van der Waals surface area contributed by atoms with E-state index < -0.39 is 0 Å². The highest BCUT2D eigenvalue weighted by atomic mass is 16.2. The van der Waals surface area contributed by atoms with Gasteiger partial charge in [-0.1, -0.05) is 36.4 Å². The second-order valence-corrected chi connectivity index (χ2v) is 6.56. The molecule has 0 spiro atoms. The van der Waals surface area contributed by atoms with Crippen LogP contribution in [0.3, 0.4) is 0 Å². The maximum atomic E-state index is 12.6. The number of para-hydroxylation sites is 1. The van der Waals surface area contributed by atoms with Gasteiger partial charge in [-0.05, 0) is 36.6 Å². The number of nitrogens with zero attached hydrogens (tertiary/aromatic N) is 1. The summed E-state index contributed by atoms with van der Waals surface area (Å²) in [5, 5.41) is 1.28. The smallest absolute Gasteiger partial charge is 0.253 e. The number of hydrogen-bond donors (Lipinski definition) is 1. The van der Waals surface area contributed by atoms with Gasteiger partial charge in [-0.3, -0.25) is 4.79 Å². The van der Waals surface area contributed by atoms with Crippen LogP contribution in [0.15, 0.2) is 60.8 Å². The summed E-state index contributed by atoms with van der Waals surface area (Å²) >= 11 is 0. The second kappa shape index (κ2) is 5.27. The molecule has 1 heterocycles. The van der Waals surface area contributed by atoms with Crippen LogP contribution in [0, 0.1) is 0 Å². The molecule has 0 unspecified atom stereocenters. The van der Waals surface area contributed by atoms with Crippen LogP contribution in [0.4, 0.5) is 0 Å². The Kier molecular flexibility index (Phi) is 3.22. The molecule has 0 saturated heterocycles. The van der Waals surface area contributed by atoms with Gasteiger partial charge in [0.25, 0.3) is 5.91 Å². The standard InChI is InChI=1S/C20H20N2O/c1-22(19(23)15-7-3-2-4-8-15)14-20(11-12-20)17-13-21-18-10-6-5-9-16(17)18/h2-10,13,21H,11-12,14H2,1H3. The van der Waals surface area contributed by atoms with Crippen LogP contribution in [-0.4, -0.2) is 29.4 Å². The first kappa shape index (κ1) is 14.1. The predicted molar refractivity (Wildman–Crippen MR) is 92.6 cm³/mol. The number of aromatic amines is 1. The van der Waals surface area contributed by atoms with E-state index in [0.717, 1.165) is 24.9 Å². The summed E-state index contributed by atoms with van der Waals surface area (Å²) in [6.07, 6.45) is 4.40. The first-order valence-electron chi connectivity index (χ1n) is 8.07. The molecule has 2 aromatic carbocycles. The van der Waals surface area contributed by atoms with E-state index in [1.165, 1.54) is 16.5 Å². The molecule has 1 aromatic heterocycles. The number of fused-ring (bicyclic) bond motifs is 1. The molecule has 1 fully saturated rings. The average Bonchev–Trinajstić information content (AvgIpc) is 3.23. The minimum Gasteiger partial charge on any atom is -0.361 e. The first-order chi connectivity index (χ1) is 11.2. The van der Waals surface area contributed by atoms with Crippen molar-refractivity contribution in [2.24, 2.45) is 0 Å². The van der Waals surface area contributed by atoms with Crippen molar-refractivity contribution in [2.75, 3.05) is 13.6 Å². The van der Waals surface area contributed by atoms with Crippen LogP contribution in [0.5, 0.6) is 0 Å². The lowest BCUT2D eigenvalue weighted by atomic mass is 9.94. The molecule has 4 rings (SSSR count). The van der Waals surface area contributed by atoms with Gasteiger partial charge in [0, 0.05) is 41.7 Å². The second-order valence-electron chi connectivity index (χ2n) is 6.56. The Morgan fingerprint density at radius 2 is 1.78 bits per heavy atom. The third-order valence-corrected chi connectivity index (χ3v) is 4.92. The number of carbonyl (C=O) groups is 1. The van der Waals surface area contributed by atoms with Crippen LogP contribution in [0.2, 0.25) is 0 Å². The Balaban J connectivity index is 1.60. The van der Waals surface area contributed by atoms with Gasteiger partial charge in [0.05, 0.1) is 0 Å². The number of rotatable bonds is 4. The molecule has 0 bridgehead atoms. The van der Waals surface area contributed by atoms with Crippen LogP contribution in [-0.2, 0) is 5.41 Å². The highest BCUT2D eigenvalue weighted by Gasteiger charge is 2.47. The fraction of sp³-hybridized carbons (Fsp3) is 0.250. The molecular weight excluding hydrogens is 284 g/mol. The maximum Gasteiger partial charge on any atom is 0.253 e. The van der Waals surface area contributed by atoms with Crippen LogP contribution in [0.1, 0.15) is 28.8 Å². The number of likely N-dealkylation sites (N-methyl/N-ethyl adjacent to an activating group) is 1. The lowest BCUT2D eigenvalue weighted by Crippen LogP contribution is -2.34. The van der Waals surface area contributed by atoms with Crippen LogP contribution in [0.25, 0.3) is 10.9 Å². The van der Waals surface area contributed by atoms with E-state index in [9.17, 15) is 4.79 Å². The van der Waals surface area contributed by atoms with E-state index in [1.807, 2.05) is 48.3 Å². The minimum absolute atomic E-state index is 0.0942. The van der Waals surface area contributed by atoms with Crippen molar-refractivity contribution in [3.63, 3.8) is 0 Å². The molecule has 1 N–H and O–H groups in total. The van der Waals surface area contributed by atoms with Gasteiger partial charge in [0.2, 0.25) is 0 Å². The molecule has 3 heteroatoms. The predicted octanol–water partition coefficient (Wildman–Crippen LogP) is 3.97. The average molecular weight is 304 g/mol. The van der Waals surface area contributed by atoms with Gasteiger partial charge in [-0.2, -0.15) is 0 Å². The number of carbonyl (C=O) groups excluding carboxylic acids is 1. The Morgan fingerprint density at radius 1 is 1.09 bits per heavy atom. The highest BCUT2D eigenvalue weighted by Crippen LogP contribution is 2.50. The molecule has 1 amide bonds. The molecule has 0 radical (unpaired) electrons. The summed E-state index contributed by atoms with van der Waals surface area (Å²) in [5.41, 5.74) is 3.38. The maximum absolute atomic E-state index is 12.6. The number of aromatic nitrogens is 1. The summed E-state index contributed by atoms with van der Waals surface area (Å²) in [5.74, 6) is 0.0942. The Labute approximate surface area is 135 Å². The van der Waals surface area contributed by atoms with E-state index in [-0.39, 0.29) is 11.3 Å². The fourth-order valence-corrected chi connectivity index (χ4v) is 3.50. The van der Waals surface area contributed by atoms with Gasteiger partial charge in [0.15, 0.2) is 0 Å². The zero-order chi connectivity index (χ0) is 15.9. The first-order valence-corrected chi connectivity index (χ1v) is 8.07. The largest absolute Gasteiger partial charge is 0.361 e. The molecular formula is C20H20N2O. The lowest BCUT2D eigenvalue weighted by Gasteiger charge is -2.24. The van der Waals surface area contributed by atoms with Gasteiger partial charge < -0.3 is 9.88 Å². The fourth-order valence-electron chi connectivity index (χ4n) is 3.50. The summed E-state index contributed by atoms with van der Waals surface area (Å²) in [4.78, 5) is 17.8. The van der Waals surface area contributed by atoms with Crippen molar-refractivity contribution in [2.45, 2.75) is 18.3 Å². The lowest BCUT2D eigenvalue weighted by molar-refractivity contribution is 0.0781. The van der Waals surface area contributed by atoms with Crippen molar-refractivity contribution in [1.82, 2.24) is 9.88 Å². The Bertz CT molecular complexity index is 846. The minimum atomic E-state index is 0.0942. The van der Waals surface area contributed by atoms with Crippen molar-refractivity contribution in [3.8, 4) is 0 Å². The topological polar surface area (TPSA) is 36.1 Å². The molecule has 3 aromatic rings. The zero-order valence-electron chi connectivity index (χ0n) is 13.3. The molecule has 0 atom stereocenters. The normalized spacial score (nSPS) is 15.5. The number of benzene rings is 2. The summed E-state index contributed by atoms with van der Waals surface area (Å²) in [6.45, 7) is 0.766. The van der Waals surface area contributed by atoms with E-state index >= 15 is 0 Å². The third kappa shape index (κ3) is 2.42. The van der Waals surface area contributed by atoms with E-state index in [2.05, 4.69) is 29.4 Å². The summed E-state index contributed by atoms with van der Waals surface area (Å²) < 4.78 is 0. The number of nitrogens with one attached hydrogen (secondary N) is 1. The third-order valence-electron chi connectivity index (χ3n) is 4.92. The molecule has 3 nitrogen and oxygen atoms in total. The Hall–Kier alpha value is -2.55. The van der Waals surface area contributed by atoms with Gasteiger partial charge in [-0.15, -0.1) is 0 Å².